The third-order valence-corrected chi connectivity index (χ3v) is 7.03. The Morgan fingerprint density at radius 3 is 0.649 bits per heavy atom. The first-order valence-electron chi connectivity index (χ1n) is 12.8. The lowest BCUT2D eigenvalue weighted by molar-refractivity contribution is 1.47. The van der Waals surface area contributed by atoms with E-state index in [0.717, 1.165) is 0 Å². The van der Waals surface area contributed by atoms with Crippen LogP contribution in [0.4, 0.5) is 0 Å². The summed E-state index contributed by atoms with van der Waals surface area (Å²) >= 11 is 0. The van der Waals surface area contributed by atoms with Crippen LogP contribution in [0.15, 0.2) is 152 Å². The molecule has 0 heteroatoms. The van der Waals surface area contributed by atoms with Gasteiger partial charge in [0.15, 0.2) is 0 Å². The van der Waals surface area contributed by atoms with Crippen LogP contribution in [0.25, 0.3) is 55.6 Å². The molecule has 6 aromatic carbocycles. The normalized spacial score (nSPS) is 10.8. The van der Waals surface area contributed by atoms with Crippen LogP contribution >= 0.6 is 0 Å². The largest absolute Gasteiger partial charge is 0.0622 e. The Morgan fingerprint density at radius 2 is 0.405 bits per heavy atom. The number of benzene rings is 6. The molecule has 6 aromatic rings. The highest BCUT2D eigenvalue weighted by Gasteiger charge is 2.04. The van der Waals surface area contributed by atoms with Crippen molar-refractivity contribution in [3.63, 3.8) is 0 Å². The molecule has 0 aliphatic carbocycles. The van der Waals surface area contributed by atoms with Crippen LogP contribution in [-0.4, -0.2) is 0 Å². The fourth-order valence-corrected chi connectivity index (χ4v) is 4.80. The molecule has 0 fully saturated rings. The molecule has 37 heavy (non-hydrogen) atoms. The van der Waals surface area contributed by atoms with Crippen LogP contribution in [0.3, 0.4) is 0 Å². The summed E-state index contributed by atoms with van der Waals surface area (Å²) in [4.78, 5) is 0. The molecule has 0 unspecified atom stereocenters. The van der Waals surface area contributed by atoms with Gasteiger partial charge in [-0.15, -0.1) is 0 Å². The molecule has 0 aliphatic rings. The molecule has 0 nitrogen and oxygen atoms in total. The second-order valence-electron chi connectivity index (χ2n) is 9.54. The third kappa shape index (κ3) is 5.01. The zero-order valence-electron chi connectivity index (χ0n) is 20.9. The van der Waals surface area contributed by atoms with Gasteiger partial charge in [-0.1, -0.05) is 157 Å². The van der Waals surface area contributed by atoms with Gasteiger partial charge in [0, 0.05) is 0 Å². The van der Waals surface area contributed by atoms with Crippen molar-refractivity contribution >= 4 is 0 Å². The molecular formula is C37H28. The minimum atomic E-state index is 1.23. The Kier molecular flexibility index (Phi) is 6.23. The molecule has 0 saturated heterocycles. The Bertz CT molecular complexity index is 1590. The lowest BCUT2D eigenvalue weighted by atomic mass is 9.96. The van der Waals surface area contributed by atoms with E-state index in [1.165, 1.54) is 61.2 Å². The first-order valence-corrected chi connectivity index (χ1v) is 12.8. The Morgan fingerprint density at radius 1 is 0.216 bits per heavy atom. The molecule has 0 radical (unpaired) electrons. The zero-order chi connectivity index (χ0) is 25.0. The van der Waals surface area contributed by atoms with Crippen molar-refractivity contribution in [1.29, 1.82) is 0 Å². The van der Waals surface area contributed by atoms with Crippen molar-refractivity contribution in [1.82, 2.24) is 0 Å². The van der Waals surface area contributed by atoms with Gasteiger partial charge in [0.05, 0.1) is 0 Å². The van der Waals surface area contributed by atoms with Crippen LogP contribution in [0.2, 0.25) is 0 Å². The lowest BCUT2D eigenvalue weighted by Crippen LogP contribution is -1.83. The molecule has 0 bridgehead atoms. The van der Waals surface area contributed by atoms with Gasteiger partial charge < -0.3 is 0 Å². The Labute approximate surface area is 219 Å². The van der Waals surface area contributed by atoms with E-state index >= 15 is 0 Å². The molecular weight excluding hydrogens is 444 g/mol. The van der Waals surface area contributed by atoms with E-state index < -0.39 is 0 Å². The van der Waals surface area contributed by atoms with E-state index in [9.17, 15) is 0 Å². The van der Waals surface area contributed by atoms with Crippen molar-refractivity contribution in [2.24, 2.45) is 0 Å². The van der Waals surface area contributed by atoms with Gasteiger partial charge in [0.2, 0.25) is 0 Å². The monoisotopic (exact) mass is 472 g/mol. The summed E-state index contributed by atoms with van der Waals surface area (Å²) < 4.78 is 0. The first-order chi connectivity index (χ1) is 18.2. The summed E-state index contributed by atoms with van der Waals surface area (Å²) in [6.07, 6.45) is 0. The van der Waals surface area contributed by atoms with E-state index in [1.807, 2.05) is 0 Å². The molecule has 0 saturated carbocycles. The van der Waals surface area contributed by atoms with Gasteiger partial charge >= 0.3 is 0 Å². The summed E-state index contributed by atoms with van der Waals surface area (Å²) in [5, 5.41) is 0. The van der Waals surface area contributed by atoms with Gasteiger partial charge in [0.1, 0.15) is 0 Å². The highest BCUT2D eigenvalue weighted by atomic mass is 14.1. The van der Waals surface area contributed by atoms with E-state index in [4.69, 9.17) is 0 Å². The van der Waals surface area contributed by atoms with E-state index in [-0.39, 0.29) is 0 Å². The Balaban J connectivity index is 1.16. The molecule has 0 heterocycles. The van der Waals surface area contributed by atoms with Crippen molar-refractivity contribution < 1.29 is 0 Å². The molecule has 6 rings (SSSR count). The molecule has 0 aliphatic heterocycles. The average Bonchev–Trinajstić information content (AvgIpc) is 2.98. The van der Waals surface area contributed by atoms with Crippen LogP contribution in [0.5, 0.6) is 0 Å². The smallest absolute Gasteiger partial charge is 0.0184 e. The number of rotatable bonds is 5. The van der Waals surface area contributed by atoms with Crippen molar-refractivity contribution in [3.8, 4) is 55.6 Å². The second-order valence-corrected chi connectivity index (χ2v) is 9.54. The van der Waals surface area contributed by atoms with Crippen molar-refractivity contribution in [2.45, 2.75) is 6.92 Å². The van der Waals surface area contributed by atoms with Crippen LogP contribution in [-0.2, 0) is 0 Å². The number of hydrogen-bond acceptors (Lipinski definition) is 0. The number of aryl methyl sites for hydroxylation is 1. The summed E-state index contributed by atoms with van der Waals surface area (Å²) in [6, 6.07) is 54.6. The molecule has 176 valence electrons. The maximum Gasteiger partial charge on any atom is -0.0184 e. The highest BCUT2D eigenvalue weighted by Crippen LogP contribution is 2.30. The van der Waals surface area contributed by atoms with Crippen LogP contribution < -0.4 is 0 Å². The molecule has 0 amide bonds. The summed E-state index contributed by atoms with van der Waals surface area (Å²) in [7, 11) is 0. The second kappa shape index (κ2) is 10.1. The standard InChI is InChI=1S/C37H28/c1-27-7-9-29(10-8-27)31-15-17-33(18-16-31)35-23-25-37(26-24-35)36-21-19-34(20-22-36)32-13-11-30(12-14-32)28-5-3-2-4-6-28/h2-26H,1H3. The summed E-state index contributed by atoms with van der Waals surface area (Å²) in [5.74, 6) is 0. The van der Waals surface area contributed by atoms with Gasteiger partial charge in [-0.25, -0.2) is 0 Å². The molecule has 0 aromatic heterocycles. The van der Waals surface area contributed by atoms with Gasteiger partial charge in [-0.2, -0.15) is 0 Å². The lowest BCUT2D eigenvalue weighted by Gasteiger charge is -2.09. The fraction of sp³-hybridized carbons (Fsp3) is 0.0270. The maximum absolute atomic E-state index is 2.22. The van der Waals surface area contributed by atoms with Gasteiger partial charge in [-0.05, 0) is 62.6 Å². The molecule has 0 atom stereocenters. The average molecular weight is 473 g/mol. The minimum absolute atomic E-state index is 1.23. The number of hydrogen-bond donors (Lipinski definition) is 0. The van der Waals surface area contributed by atoms with Crippen LogP contribution in [0, 0.1) is 6.92 Å². The fourth-order valence-electron chi connectivity index (χ4n) is 4.80. The third-order valence-electron chi connectivity index (χ3n) is 7.03. The SMILES string of the molecule is Cc1ccc(-c2ccc(-c3ccc(-c4ccc(-c5ccc(-c6ccccc6)cc5)cc4)cc3)cc2)cc1. The predicted octanol–water partition coefficient (Wildman–Crippen LogP) is 10.3. The predicted molar refractivity (Wildman–Crippen MR) is 158 cm³/mol. The van der Waals surface area contributed by atoms with E-state index in [1.54, 1.807) is 0 Å². The zero-order valence-corrected chi connectivity index (χ0v) is 20.9. The molecule has 0 N–H and O–H groups in total. The topological polar surface area (TPSA) is 0 Å². The minimum Gasteiger partial charge on any atom is -0.0622 e. The maximum atomic E-state index is 2.22. The first kappa shape index (κ1) is 22.8. The summed E-state index contributed by atoms with van der Waals surface area (Å²) in [6.45, 7) is 2.12. The van der Waals surface area contributed by atoms with Gasteiger partial charge in [-0.3, -0.25) is 0 Å². The van der Waals surface area contributed by atoms with Crippen molar-refractivity contribution in [3.05, 3.63) is 157 Å². The van der Waals surface area contributed by atoms with E-state index in [2.05, 4.69) is 159 Å². The van der Waals surface area contributed by atoms with Crippen molar-refractivity contribution in [2.75, 3.05) is 0 Å². The highest BCUT2D eigenvalue weighted by molar-refractivity contribution is 5.76. The van der Waals surface area contributed by atoms with Gasteiger partial charge in [0.25, 0.3) is 0 Å². The van der Waals surface area contributed by atoms with Crippen LogP contribution in [0.1, 0.15) is 5.56 Å². The summed E-state index contributed by atoms with van der Waals surface area (Å²) in [5.41, 5.74) is 13.7. The van der Waals surface area contributed by atoms with E-state index in [0.29, 0.717) is 0 Å². The Hall–Kier alpha value is -4.68. The molecule has 0 spiro atoms. The quantitative estimate of drug-likeness (QED) is 0.234.